The second kappa shape index (κ2) is 6.33. The fraction of sp³-hybridized carbons (Fsp3) is 0. The van der Waals surface area contributed by atoms with Gasteiger partial charge >= 0.3 is 0 Å². The number of rotatable bonds is 3. The molecule has 0 aliphatic rings. The van der Waals surface area contributed by atoms with Gasteiger partial charge < -0.3 is 14.8 Å². The highest BCUT2D eigenvalue weighted by Gasteiger charge is 2.15. The molecule has 5 nitrogen and oxygen atoms in total. The zero-order valence-electron chi connectivity index (χ0n) is 13.4. The van der Waals surface area contributed by atoms with Gasteiger partial charge in [0.15, 0.2) is 5.58 Å². The lowest BCUT2D eigenvalue weighted by Gasteiger charge is -2.08. The van der Waals surface area contributed by atoms with Crippen LogP contribution in [0.2, 0.25) is 0 Å². The average molecular weight is 348 g/mol. The summed E-state index contributed by atoms with van der Waals surface area (Å²) < 4.78 is 19.3. The van der Waals surface area contributed by atoms with Gasteiger partial charge in [-0.05, 0) is 36.4 Å². The van der Waals surface area contributed by atoms with E-state index < -0.39 is 11.7 Å². The lowest BCUT2D eigenvalue weighted by atomic mass is 10.1. The number of carbonyl (C=O) groups excluding carboxylic acids is 1. The summed E-state index contributed by atoms with van der Waals surface area (Å²) in [5, 5.41) is 12.8. The van der Waals surface area contributed by atoms with Gasteiger partial charge in [0.05, 0.1) is 11.1 Å². The van der Waals surface area contributed by atoms with Crippen molar-refractivity contribution in [3.63, 3.8) is 0 Å². The zero-order chi connectivity index (χ0) is 18.1. The maximum atomic E-state index is 13.7. The monoisotopic (exact) mass is 348 g/mol. The second-order valence-corrected chi connectivity index (χ2v) is 5.65. The number of amides is 1. The largest absolute Gasteiger partial charge is 0.507 e. The molecular weight excluding hydrogens is 335 g/mol. The molecule has 128 valence electrons. The summed E-state index contributed by atoms with van der Waals surface area (Å²) in [4.78, 5) is 16.5. The highest BCUT2D eigenvalue weighted by molar-refractivity contribution is 6.04. The van der Waals surface area contributed by atoms with Crippen molar-refractivity contribution in [3.05, 3.63) is 78.1 Å². The zero-order valence-corrected chi connectivity index (χ0v) is 13.4. The van der Waals surface area contributed by atoms with Crippen LogP contribution in [0.25, 0.3) is 22.6 Å². The van der Waals surface area contributed by atoms with Crippen molar-refractivity contribution in [1.29, 1.82) is 0 Å². The molecule has 2 N–H and O–H groups in total. The molecule has 0 fully saturated rings. The van der Waals surface area contributed by atoms with Crippen molar-refractivity contribution in [2.24, 2.45) is 0 Å². The van der Waals surface area contributed by atoms with Gasteiger partial charge in [-0.25, -0.2) is 9.37 Å². The van der Waals surface area contributed by atoms with Crippen molar-refractivity contribution in [2.75, 3.05) is 5.32 Å². The number of hydrogen-bond acceptors (Lipinski definition) is 4. The number of anilines is 1. The normalized spacial score (nSPS) is 10.8. The first kappa shape index (κ1) is 15.8. The molecule has 26 heavy (non-hydrogen) atoms. The van der Waals surface area contributed by atoms with E-state index in [-0.39, 0.29) is 17.2 Å². The standard InChI is InChI=1S/C20H13FN2O3/c21-15-6-2-1-5-13(15)19(25)22-12-9-10-14(17(24)11-12)20-23-16-7-3-4-8-18(16)26-20/h1-11,24H,(H,22,25). The number of phenols is 1. The molecule has 0 saturated heterocycles. The van der Waals surface area contributed by atoms with Crippen molar-refractivity contribution >= 4 is 22.7 Å². The number of halogens is 1. The van der Waals surface area contributed by atoms with Crippen LogP contribution in [0.1, 0.15) is 10.4 Å². The van der Waals surface area contributed by atoms with Crippen LogP contribution in [0.4, 0.5) is 10.1 Å². The lowest BCUT2D eigenvalue weighted by molar-refractivity contribution is 0.102. The van der Waals surface area contributed by atoms with Crippen LogP contribution in [0.5, 0.6) is 5.75 Å². The average Bonchev–Trinajstić information content (AvgIpc) is 3.06. The summed E-state index contributed by atoms with van der Waals surface area (Å²) >= 11 is 0. The van der Waals surface area contributed by atoms with Crippen LogP contribution in [-0.2, 0) is 0 Å². The van der Waals surface area contributed by atoms with Gasteiger partial charge in [0.2, 0.25) is 5.89 Å². The molecule has 1 heterocycles. The summed E-state index contributed by atoms with van der Waals surface area (Å²) in [6, 6.07) is 17.5. The molecule has 0 saturated carbocycles. The van der Waals surface area contributed by atoms with E-state index in [0.717, 1.165) is 0 Å². The topological polar surface area (TPSA) is 75.4 Å². The first-order valence-electron chi connectivity index (χ1n) is 7.86. The predicted octanol–water partition coefficient (Wildman–Crippen LogP) is 4.59. The minimum Gasteiger partial charge on any atom is -0.507 e. The van der Waals surface area contributed by atoms with E-state index in [9.17, 15) is 14.3 Å². The number of phenolic OH excluding ortho intramolecular Hbond substituents is 1. The Morgan fingerprint density at radius 3 is 2.58 bits per heavy atom. The van der Waals surface area contributed by atoms with Gasteiger partial charge in [-0.3, -0.25) is 4.79 Å². The van der Waals surface area contributed by atoms with E-state index in [4.69, 9.17) is 4.42 Å². The minimum atomic E-state index is -0.614. The molecular formula is C20H13FN2O3. The Balaban J connectivity index is 1.62. The van der Waals surface area contributed by atoms with Gasteiger partial charge in [-0.2, -0.15) is 0 Å². The van der Waals surface area contributed by atoms with Gasteiger partial charge in [-0.1, -0.05) is 24.3 Å². The fourth-order valence-electron chi connectivity index (χ4n) is 2.62. The Morgan fingerprint density at radius 1 is 1.04 bits per heavy atom. The maximum Gasteiger partial charge on any atom is 0.258 e. The minimum absolute atomic E-state index is 0.0741. The van der Waals surface area contributed by atoms with E-state index in [1.165, 1.54) is 24.3 Å². The molecule has 0 radical (unpaired) electrons. The van der Waals surface area contributed by atoms with E-state index in [2.05, 4.69) is 10.3 Å². The Bertz CT molecular complexity index is 1090. The van der Waals surface area contributed by atoms with Crippen LogP contribution in [0.15, 0.2) is 71.1 Å². The molecule has 3 aromatic carbocycles. The number of aromatic hydroxyl groups is 1. The predicted molar refractivity (Wildman–Crippen MR) is 95.5 cm³/mol. The summed E-state index contributed by atoms with van der Waals surface area (Å²) in [5.74, 6) is -1.05. The number of fused-ring (bicyclic) bond motifs is 1. The SMILES string of the molecule is O=C(Nc1ccc(-c2nc3ccccc3o2)c(O)c1)c1ccccc1F. The quantitative estimate of drug-likeness (QED) is 0.568. The molecule has 4 aromatic rings. The summed E-state index contributed by atoms with van der Waals surface area (Å²) in [6.07, 6.45) is 0. The van der Waals surface area contributed by atoms with Crippen molar-refractivity contribution in [1.82, 2.24) is 4.98 Å². The molecule has 0 atom stereocenters. The Morgan fingerprint density at radius 2 is 1.81 bits per heavy atom. The Hall–Kier alpha value is -3.67. The van der Waals surface area contributed by atoms with Crippen LogP contribution in [0.3, 0.4) is 0 Å². The van der Waals surface area contributed by atoms with Crippen LogP contribution in [0, 0.1) is 5.82 Å². The van der Waals surface area contributed by atoms with Crippen LogP contribution < -0.4 is 5.32 Å². The highest BCUT2D eigenvalue weighted by Crippen LogP contribution is 2.33. The van der Waals surface area contributed by atoms with E-state index in [1.807, 2.05) is 18.2 Å². The summed E-state index contributed by atoms with van der Waals surface area (Å²) in [5.41, 5.74) is 1.94. The van der Waals surface area contributed by atoms with E-state index in [1.54, 1.807) is 24.3 Å². The molecule has 0 bridgehead atoms. The van der Waals surface area contributed by atoms with E-state index in [0.29, 0.717) is 22.4 Å². The number of carbonyl (C=O) groups is 1. The number of oxazole rings is 1. The molecule has 0 aliphatic carbocycles. The highest BCUT2D eigenvalue weighted by atomic mass is 19.1. The summed E-state index contributed by atoms with van der Waals surface area (Å²) in [7, 11) is 0. The Kier molecular flexibility index (Phi) is 3.85. The first-order chi connectivity index (χ1) is 12.6. The maximum absolute atomic E-state index is 13.7. The number of para-hydroxylation sites is 2. The van der Waals surface area contributed by atoms with Gasteiger partial charge in [0.25, 0.3) is 5.91 Å². The van der Waals surface area contributed by atoms with Gasteiger partial charge in [0.1, 0.15) is 17.1 Å². The number of nitrogens with zero attached hydrogens (tertiary/aromatic N) is 1. The fourth-order valence-corrected chi connectivity index (χ4v) is 2.62. The molecule has 1 amide bonds. The third-order valence-electron chi connectivity index (χ3n) is 3.90. The number of nitrogens with one attached hydrogen (secondary N) is 1. The lowest BCUT2D eigenvalue weighted by Crippen LogP contribution is -2.13. The molecule has 0 aliphatic heterocycles. The van der Waals surface area contributed by atoms with Gasteiger partial charge in [-0.15, -0.1) is 0 Å². The summed E-state index contributed by atoms with van der Waals surface area (Å²) in [6.45, 7) is 0. The Labute approximate surface area is 147 Å². The van der Waals surface area contributed by atoms with Crippen molar-refractivity contribution in [2.45, 2.75) is 0 Å². The van der Waals surface area contributed by atoms with Crippen LogP contribution in [-0.4, -0.2) is 16.0 Å². The van der Waals surface area contributed by atoms with Gasteiger partial charge in [0, 0.05) is 11.8 Å². The molecule has 6 heteroatoms. The second-order valence-electron chi connectivity index (χ2n) is 5.65. The first-order valence-corrected chi connectivity index (χ1v) is 7.86. The number of hydrogen-bond donors (Lipinski definition) is 2. The molecule has 0 spiro atoms. The third-order valence-corrected chi connectivity index (χ3v) is 3.90. The van der Waals surface area contributed by atoms with Crippen LogP contribution >= 0.6 is 0 Å². The van der Waals surface area contributed by atoms with Crippen molar-refractivity contribution < 1.29 is 18.7 Å². The molecule has 1 aromatic heterocycles. The third kappa shape index (κ3) is 2.88. The molecule has 0 unspecified atom stereocenters. The number of benzene rings is 3. The molecule has 4 rings (SSSR count). The van der Waals surface area contributed by atoms with E-state index >= 15 is 0 Å². The van der Waals surface area contributed by atoms with Crippen molar-refractivity contribution in [3.8, 4) is 17.2 Å². The smallest absolute Gasteiger partial charge is 0.258 e. The number of aromatic nitrogens is 1.